The molecule has 0 atom stereocenters. The first kappa shape index (κ1) is 12.1. The molecule has 1 saturated carbocycles. The summed E-state index contributed by atoms with van der Waals surface area (Å²) < 4.78 is 9.86. The monoisotopic (exact) mass is 276 g/mol. The summed E-state index contributed by atoms with van der Waals surface area (Å²) >= 11 is 1.17. The van der Waals surface area contributed by atoms with E-state index in [2.05, 4.69) is 9.36 Å². The second-order valence-corrected chi connectivity index (χ2v) is 5.27. The molecule has 0 spiro atoms. The summed E-state index contributed by atoms with van der Waals surface area (Å²) in [5.74, 6) is 0.606. The molecule has 1 N–H and O–H groups in total. The maximum absolute atomic E-state index is 11.2. The SMILES string of the molecule is Cc1cccc(C(=O)O)c1Oc1nc(C2CC2)ns1. The fourth-order valence-corrected chi connectivity index (χ4v) is 2.43. The van der Waals surface area contributed by atoms with Gasteiger partial charge in [0.1, 0.15) is 17.1 Å². The Hall–Kier alpha value is -1.95. The first-order valence-corrected chi connectivity index (χ1v) is 6.77. The van der Waals surface area contributed by atoms with E-state index in [-0.39, 0.29) is 5.56 Å². The Balaban J connectivity index is 1.90. The van der Waals surface area contributed by atoms with Crippen molar-refractivity contribution >= 4 is 17.5 Å². The molecule has 1 fully saturated rings. The van der Waals surface area contributed by atoms with E-state index in [9.17, 15) is 4.79 Å². The molecule has 1 aromatic carbocycles. The second-order valence-electron chi connectivity index (χ2n) is 4.55. The zero-order valence-electron chi connectivity index (χ0n) is 10.3. The summed E-state index contributed by atoms with van der Waals surface area (Å²) in [5, 5.41) is 9.56. The quantitative estimate of drug-likeness (QED) is 0.928. The van der Waals surface area contributed by atoms with Crippen LogP contribution in [-0.4, -0.2) is 20.4 Å². The molecule has 1 aliphatic rings. The minimum atomic E-state index is -1.01. The Morgan fingerprint density at radius 1 is 1.47 bits per heavy atom. The molecule has 0 aliphatic heterocycles. The normalized spacial score (nSPS) is 14.4. The molecule has 1 aliphatic carbocycles. The van der Waals surface area contributed by atoms with Crippen molar-refractivity contribution in [1.82, 2.24) is 9.36 Å². The number of aromatic nitrogens is 2. The van der Waals surface area contributed by atoms with Gasteiger partial charge in [0.2, 0.25) is 0 Å². The molecule has 1 heterocycles. The average molecular weight is 276 g/mol. The van der Waals surface area contributed by atoms with Crippen LogP contribution in [0.5, 0.6) is 10.9 Å². The molecule has 0 unspecified atom stereocenters. The fraction of sp³-hybridized carbons (Fsp3) is 0.308. The van der Waals surface area contributed by atoms with Crippen LogP contribution in [-0.2, 0) is 0 Å². The van der Waals surface area contributed by atoms with Gasteiger partial charge >= 0.3 is 5.97 Å². The molecular formula is C13H12N2O3S. The molecule has 6 heteroatoms. The maximum atomic E-state index is 11.2. The highest BCUT2D eigenvalue weighted by Gasteiger charge is 2.28. The lowest BCUT2D eigenvalue weighted by atomic mass is 10.1. The van der Waals surface area contributed by atoms with Crippen molar-refractivity contribution in [2.75, 3.05) is 0 Å². The predicted molar refractivity (Wildman–Crippen MR) is 70.1 cm³/mol. The van der Waals surface area contributed by atoms with E-state index < -0.39 is 5.97 Å². The van der Waals surface area contributed by atoms with E-state index in [0.29, 0.717) is 16.9 Å². The van der Waals surface area contributed by atoms with Crippen LogP contribution in [0, 0.1) is 6.92 Å². The van der Waals surface area contributed by atoms with Crippen molar-refractivity contribution in [2.45, 2.75) is 25.7 Å². The number of aryl methyl sites for hydroxylation is 1. The molecule has 0 radical (unpaired) electrons. The number of rotatable bonds is 4. The highest BCUT2D eigenvalue weighted by Crippen LogP contribution is 2.40. The molecule has 19 heavy (non-hydrogen) atoms. The van der Waals surface area contributed by atoms with Crippen LogP contribution in [0.25, 0.3) is 0 Å². The smallest absolute Gasteiger partial charge is 0.339 e. The third kappa shape index (κ3) is 2.44. The largest absolute Gasteiger partial charge is 0.478 e. The molecule has 1 aromatic heterocycles. The van der Waals surface area contributed by atoms with Gasteiger partial charge in [-0.15, -0.1) is 0 Å². The maximum Gasteiger partial charge on any atom is 0.339 e. The molecule has 0 bridgehead atoms. The number of hydrogen-bond acceptors (Lipinski definition) is 5. The van der Waals surface area contributed by atoms with Gasteiger partial charge in [-0.25, -0.2) is 4.79 Å². The Kier molecular flexibility index (Phi) is 2.94. The second kappa shape index (κ2) is 4.62. The summed E-state index contributed by atoms with van der Waals surface area (Å²) in [7, 11) is 0. The molecule has 3 rings (SSSR count). The first-order valence-electron chi connectivity index (χ1n) is 5.99. The van der Waals surface area contributed by atoms with Crippen molar-refractivity contribution < 1.29 is 14.6 Å². The Labute approximate surface area is 114 Å². The number of ether oxygens (including phenoxy) is 1. The number of aromatic carboxylic acids is 1. The van der Waals surface area contributed by atoms with Gasteiger partial charge in [0.15, 0.2) is 0 Å². The third-order valence-corrected chi connectivity index (χ3v) is 3.61. The van der Waals surface area contributed by atoms with Gasteiger partial charge in [-0.2, -0.15) is 9.36 Å². The zero-order chi connectivity index (χ0) is 13.4. The first-order chi connectivity index (χ1) is 9.15. The van der Waals surface area contributed by atoms with Crippen molar-refractivity contribution in [3.8, 4) is 10.9 Å². The molecule has 0 saturated heterocycles. The van der Waals surface area contributed by atoms with Gasteiger partial charge in [0, 0.05) is 17.5 Å². The van der Waals surface area contributed by atoms with Crippen molar-refractivity contribution in [3.05, 3.63) is 35.2 Å². The predicted octanol–water partition coefficient (Wildman–Crippen LogP) is 3.21. The Morgan fingerprint density at radius 2 is 2.26 bits per heavy atom. The van der Waals surface area contributed by atoms with Crippen LogP contribution < -0.4 is 4.74 Å². The standard InChI is InChI=1S/C13H12N2O3S/c1-7-3-2-4-9(12(16)17)10(7)18-13-14-11(15-19-13)8-5-6-8/h2-4,8H,5-6H2,1H3,(H,16,17). The molecule has 0 amide bonds. The third-order valence-electron chi connectivity index (χ3n) is 3.00. The lowest BCUT2D eigenvalue weighted by Gasteiger charge is -2.08. The molecule has 98 valence electrons. The van der Waals surface area contributed by atoms with E-state index in [1.807, 2.05) is 13.0 Å². The lowest BCUT2D eigenvalue weighted by Crippen LogP contribution is -2.01. The molecular weight excluding hydrogens is 264 g/mol. The number of nitrogens with zero attached hydrogens (tertiary/aromatic N) is 2. The van der Waals surface area contributed by atoms with E-state index in [0.717, 1.165) is 24.2 Å². The topological polar surface area (TPSA) is 72.3 Å². The summed E-state index contributed by atoms with van der Waals surface area (Å²) in [6.07, 6.45) is 2.25. The van der Waals surface area contributed by atoms with Crippen LogP contribution in [0.3, 0.4) is 0 Å². The van der Waals surface area contributed by atoms with Crippen molar-refractivity contribution in [2.24, 2.45) is 0 Å². The zero-order valence-corrected chi connectivity index (χ0v) is 11.1. The number of para-hydroxylation sites is 1. The number of hydrogen-bond donors (Lipinski definition) is 1. The van der Waals surface area contributed by atoms with Crippen LogP contribution in [0.2, 0.25) is 0 Å². The highest BCUT2D eigenvalue weighted by molar-refractivity contribution is 7.07. The average Bonchev–Trinajstić information content (AvgIpc) is 3.12. The summed E-state index contributed by atoms with van der Waals surface area (Å²) in [6, 6.07) is 5.03. The summed E-state index contributed by atoms with van der Waals surface area (Å²) in [6.45, 7) is 1.81. The minimum absolute atomic E-state index is 0.142. The van der Waals surface area contributed by atoms with E-state index in [4.69, 9.17) is 9.84 Å². The fourth-order valence-electron chi connectivity index (χ4n) is 1.81. The van der Waals surface area contributed by atoms with E-state index in [1.165, 1.54) is 17.6 Å². The Bertz CT molecular complexity index is 635. The van der Waals surface area contributed by atoms with Gasteiger partial charge < -0.3 is 9.84 Å². The van der Waals surface area contributed by atoms with Crippen LogP contribution in [0.1, 0.15) is 40.5 Å². The number of carboxylic acid groups (broad SMARTS) is 1. The van der Waals surface area contributed by atoms with Crippen LogP contribution >= 0.6 is 11.5 Å². The Morgan fingerprint density at radius 3 is 2.95 bits per heavy atom. The molecule has 2 aromatic rings. The van der Waals surface area contributed by atoms with E-state index >= 15 is 0 Å². The molecule has 5 nitrogen and oxygen atoms in total. The van der Waals surface area contributed by atoms with Crippen molar-refractivity contribution in [1.29, 1.82) is 0 Å². The minimum Gasteiger partial charge on any atom is -0.478 e. The van der Waals surface area contributed by atoms with Gasteiger partial charge in [0.25, 0.3) is 5.19 Å². The summed E-state index contributed by atoms with van der Waals surface area (Å²) in [5.41, 5.74) is 0.909. The number of carboxylic acids is 1. The van der Waals surface area contributed by atoms with Gasteiger partial charge in [-0.3, -0.25) is 0 Å². The lowest BCUT2D eigenvalue weighted by molar-refractivity contribution is 0.0694. The number of benzene rings is 1. The van der Waals surface area contributed by atoms with Gasteiger partial charge in [-0.05, 0) is 31.4 Å². The van der Waals surface area contributed by atoms with Gasteiger partial charge in [0.05, 0.1) is 0 Å². The number of carbonyl (C=O) groups is 1. The highest BCUT2D eigenvalue weighted by atomic mass is 32.1. The van der Waals surface area contributed by atoms with Crippen LogP contribution in [0.15, 0.2) is 18.2 Å². The summed E-state index contributed by atoms with van der Waals surface area (Å²) in [4.78, 5) is 15.5. The van der Waals surface area contributed by atoms with E-state index in [1.54, 1.807) is 6.07 Å². The van der Waals surface area contributed by atoms with Crippen molar-refractivity contribution in [3.63, 3.8) is 0 Å². The van der Waals surface area contributed by atoms with Crippen LogP contribution in [0.4, 0.5) is 0 Å². The van der Waals surface area contributed by atoms with Gasteiger partial charge in [-0.1, -0.05) is 12.1 Å².